The fourth-order valence-electron chi connectivity index (χ4n) is 3.89. The van der Waals surface area contributed by atoms with Crippen LogP contribution in [-0.2, 0) is 19.5 Å². The van der Waals surface area contributed by atoms with E-state index in [1.807, 2.05) is 31.2 Å². The van der Waals surface area contributed by atoms with Gasteiger partial charge in [0.2, 0.25) is 0 Å². The first-order valence-electron chi connectivity index (χ1n) is 9.97. The van der Waals surface area contributed by atoms with Crippen LogP contribution in [0.15, 0.2) is 42.6 Å². The number of likely N-dealkylation sites (tertiary alicyclic amines) is 1. The molecule has 1 fully saturated rings. The molecule has 6 nitrogen and oxygen atoms in total. The van der Waals surface area contributed by atoms with E-state index in [4.69, 9.17) is 11.6 Å². The number of aromatic nitrogens is 2. The summed E-state index contributed by atoms with van der Waals surface area (Å²) in [5.74, 6) is -0.164. The molecule has 0 spiro atoms. The van der Waals surface area contributed by atoms with E-state index in [2.05, 4.69) is 21.3 Å². The summed E-state index contributed by atoms with van der Waals surface area (Å²) in [4.78, 5) is 19.8. The van der Waals surface area contributed by atoms with Crippen LogP contribution in [0.2, 0.25) is 5.02 Å². The Balaban J connectivity index is 1.52. The molecule has 1 aliphatic heterocycles. The maximum absolute atomic E-state index is 13.0. The SMILES string of the molecule is CCc1nc2ccc(Cl)cn2c1C(=O)NCc1ccccc1CN1CCC(O)C1. The highest BCUT2D eigenvalue weighted by molar-refractivity contribution is 6.30. The van der Waals surface area contributed by atoms with Crippen LogP contribution in [0.1, 0.15) is 40.7 Å². The van der Waals surface area contributed by atoms with Crippen LogP contribution in [0.4, 0.5) is 0 Å². The average Bonchev–Trinajstić information content (AvgIpc) is 3.29. The molecule has 1 aromatic carbocycles. The molecular weight excluding hydrogens is 388 g/mol. The zero-order valence-electron chi connectivity index (χ0n) is 16.4. The van der Waals surface area contributed by atoms with Crippen LogP contribution in [0, 0.1) is 0 Å². The topological polar surface area (TPSA) is 69.9 Å². The molecule has 4 rings (SSSR count). The number of aliphatic hydroxyl groups excluding tert-OH is 1. The third kappa shape index (κ3) is 4.29. The molecule has 1 atom stereocenters. The Morgan fingerprint density at radius 3 is 2.79 bits per heavy atom. The number of hydrogen-bond acceptors (Lipinski definition) is 4. The molecule has 152 valence electrons. The van der Waals surface area contributed by atoms with E-state index in [-0.39, 0.29) is 12.0 Å². The minimum Gasteiger partial charge on any atom is -0.392 e. The maximum Gasteiger partial charge on any atom is 0.270 e. The van der Waals surface area contributed by atoms with E-state index in [0.717, 1.165) is 30.8 Å². The molecule has 0 aliphatic carbocycles. The number of benzene rings is 1. The zero-order chi connectivity index (χ0) is 20.4. The summed E-state index contributed by atoms with van der Waals surface area (Å²) in [6.07, 6.45) is 2.96. The zero-order valence-corrected chi connectivity index (χ0v) is 17.2. The van der Waals surface area contributed by atoms with Crippen molar-refractivity contribution in [2.75, 3.05) is 13.1 Å². The molecule has 0 radical (unpaired) electrons. The van der Waals surface area contributed by atoms with Gasteiger partial charge in [0.15, 0.2) is 0 Å². The average molecular weight is 413 g/mol. The van der Waals surface area contributed by atoms with Gasteiger partial charge in [0.1, 0.15) is 11.3 Å². The van der Waals surface area contributed by atoms with Crippen LogP contribution in [-0.4, -0.2) is 44.5 Å². The molecule has 1 unspecified atom stereocenters. The quantitative estimate of drug-likeness (QED) is 0.652. The van der Waals surface area contributed by atoms with Gasteiger partial charge in [-0.1, -0.05) is 42.8 Å². The van der Waals surface area contributed by atoms with Crippen molar-refractivity contribution in [3.63, 3.8) is 0 Å². The highest BCUT2D eigenvalue weighted by atomic mass is 35.5. The molecule has 3 aromatic rings. The predicted molar refractivity (Wildman–Crippen MR) is 113 cm³/mol. The number of carbonyl (C=O) groups is 1. The van der Waals surface area contributed by atoms with Gasteiger partial charge in [-0.3, -0.25) is 14.1 Å². The Bertz CT molecular complexity index is 1030. The molecule has 2 N–H and O–H groups in total. The van der Waals surface area contributed by atoms with E-state index in [1.165, 1.54) is 5.56 Å². The van der Waals surface area contributed by atoms with Crippen molar-refractivity contribution < 1.29 is 9.90 Å². The molecule has 7 heteroatoms. The van der Waals surface area contributed by atoms with Gasteiger partial charge in [-0.05, 0) is 36.1 Å². The number of halogens is 1. The number of carbonyl (C=O) groups excluding carboxylic acids is 1. The van der Waals surface area contributed by atoms with Gasteiger partial charge in [0.25, 0.3) is 5.91 Å². The Hall–Kier alpha value is -2.41. The van der Waals surface area contributed by atoms with E-state index in [1.54, 1.807) is 16.7 Å². The Morgan fingerprint density at radius 2 is 2.07 bits per heavy atom. The second kappa shape index (κ2) is 8.53. The third-order valence-corrected chi connectivity index (χ3v) is 5.63. The lowest BCUT2D eigenvalue weighted by Crippen LogP contribution is -2.27. The van der Waals surface area contributed by atoms with Crippen molar-refractivity contribution in [2.24, 2.45) is 0 Å². The fraction of sp³-hybridized carbons (Fsp3) is 0.364. The van der Waals surface area contributed by atoms with E-state index >= 15 is 0 Å². The number of hydrogen-bond donors (Lipinski definition) is 2. The summed E-state index contributed by atoms with van der Waals surface area (Å²) in [5, 5.41) is 13.4. The molecule has 0 bridgehead atoms. The minimum absolute atomic E-state index is 0.164. The number of fused-ring (bicyclic) bond motifs is 1. The number of nitrogens with one attached hydrogen (secondary N) is 1. The van der Waals surface area contributed by atoms with Gasteiger partial charge < -0.3 is 10.4 Å². The lowest BCUT2D eigenvalue weighted by Gasteiger charge is -2.18. The summed E-state index contributed by atoms with van der Waals surface area (Å²) < 4.78 is 1.76. The summed E-state index contributed by atoms with van der Waals surface area (Å²) >= 11 is 6.13. The summed E-state index contributed by atoms with van der Waals surface area (Å²) in [7, 11) is 0. The minimum atomic E-state index is -0.240. The standard InChI is InChI=1S/C22H25ClN4O2/c1-2-19-21(27-13-17(23)7-8-20(27)25-19)22(29)24-11-15-5-3-4-6-16(15)12-26-10-9-18(28)14-26/h3-8,13,18,28H,2,9-12,14H2,1H3,(H,24,29). The highest BCUT2D eigenvalue weighted by Gasteiger charge is 2.21. The largest absolute Gasteiger partial charge is 0.392 e. The second-order valence-electron chi connectivity index (χ2n) is 7.47. The molecule has 1 saturated heterocycles. The monoisotopic (exact) mass is 412 g/mol. The highest BCUT2D eigenvalue weighted by Crippen LogP contribution is 2.19. The summed E-state index contributed by atoms with van der Waals surface area (Å²) in [5.41, 5.74) is 4.24. The van der Waals surface area contributed by atoms with Crippen molar-refractivity contribution in [2.45, 2.75) is 39.0 Å². The lowest BCUT2D eigenvalue weighted by atomic mass is 10.1. The Kier molecular flexibility index (Phi) is 5.85. The lowest BCUT2D eigenvalue weighted by molar-refractivity contribution is 0.0944. The van der Waals surface area contributed by atoms with E-state index in [0.29, 0.717) is 35.9 Å². The fourth-order valence-corrected chi connectivity index (χ4v) is 4.06. The summed E-state index contributed by atoms with van der Waals surface area (Å²) in [6, 6.07) is 11.7. The Labute approximate surface area is 175 Å². The number of imidazole rings is 1. The van der Waals surface area contributed by atoms with Gasteiger partial charge in [-0.2, -0.15) is 0 Å². The van der Waals surface area contributed by atoms with Crippen LogP contribution < -0.4 is 5.32 Å². The van der Waals surface area contributed by atoms with Gasteiger partial charge in [0, 0.05) is 32.4 Å². The number of amides is 1. The van der Waals surface area contributed by atoms with Crippen LogP contribution in [0.25, 0.3) is 5.65 Å². The number of nitrogens with zero attached hydrogens (tertiary/aromatic N) is 3. The first kappa shape index (κ1) is 19.9. The van der Waals surface area contributed by atoms with Crippen molar-refractivity contribution >= 4 is 23.2 Å². The smallest absolute Gasteiger partial charge is 0.270 e. The number of rotatable bonds is 6. The molecule has 2 aromatic heterocycles. The summed E-state index contributed by atoms with van der Waals surface area (Å²) in [6.45, 7) is 4.78. The van der Waals surface area contributed by atoms with Crippen LogP contribution >= 0.6 is 11.6 Å². The molecular formula is C22H25ClN4O2. The van der Waals surface area contributed by atoms with E-state index < -0.39 is 0 Å². The van der Waals surface area contributed by atoms with Gasteiger partial charge >= 0.3 is 0 Å². The molecule has 29 heavy (non-hydrogen) atoms. The number of aliphatic hydroxyl groups is 1. The Morgan fingerprint density at radius 1 is 1.28 bits per heavy atom. The van der Waals surface area contributed by atoms with Crippen molar-refractivity contribution in [1.82, 2.24) is 19.6 Å². The first-order valence-corrected chi connectivity index (χ1v) is 10.3. The number of aryl methyl sites for hydroxylation is 1. The van der Waals surface area contributed by atoms with Gasteiger partial charge in [-0.15, -0.1) is 0 Å². The maximum atomic E-state index is 13.0. The van der Waals surface area contributed by atoms with Crippen molar-refractivity contribution in [3.8, 4) is 0 Å². The van der Waals surface area contributed by atoms with Crippen molar-refractivity contribution in [1.29, 1.82) is 0 Å². The van der Waals surface area contributed by atoms with Gasteiger partial charge in [-0.25, -0.2) is 4.98 Å². The molecule has 0 saturated carbocycles. The number of pyridine rings is 1. The molecule has 1 aliphatic rings. The predicted octanol–water partition coefficient (Wildman–Crippen LogP) is 3.05. The first-order chi connectivity index (χ1) is 14.0. The third-order valence-electron chi connectivity index (χ3n) is 5.40. The van der Waals surface area contributed by atoms with Gasteiger partial charge in [0.05, 0.1) is 16.8 Å². The number of β-amino-alcohol motifs (C(OH)–C–C–N with tert-alkyl or cyclic N) is 1. The van der Waals surface area contributed by atoms with Crippen LogP contribution in [0.3, 0.4) is 0 Å². The molecule has 3 heterocycles. The normalized spacial score (nSPS) is 17.1. The molecule has 1 amide bonds. The second-order valence-corrected chi connectivity index (χ2v) is 7.90. The van der Waals surface area contributed by atoms with Crippen LogP contribution in [0.5, 0.6) is 0 Å². The van der Waals surface area contributed by atoms with Crippen molar-refractivity contribution in [3.05, 3.63) is 70.1 Å². The van der Waals surface area contributed by atoms with E-state index in [9.17, 15) is 9.90 Å².